The van der Waals surface area contributed by atoms with Gasteiger partial charge in [0.15, 0.2) is 0 Å². The number of alkyl halides is 3. The maximum absolute atomic E-state index is 13.2. The molecule has 0 aliphatic rings. The summed E-state index contributed by atoms with van der Waals surface area (Å²) in [7, 11) is 0. The summed E-state index contributed by atoms with van der Waals surface area (Å²) in [6, 6.07) is 14.3. The lowest BCUT2D eigenvalue weighted by molar-refractivity contribution is -0.142. The smallest absolute Gasteiger partial charge is 0.416 e. The Hall–Kier alpha value is -3.98. The Morgan fingerprint density at radius 3 is 2.16 bits per heavy atom. The highest BCUT2D eigenvalue weighted by Gasteiger charge is 2.30. The Labute approximate surface area is 221 Å². The van der Waals surface area contributed by atoms with Crippen molar-refractivity contribution in [2.45, 2.75) is 26.4 Å². The first kappa shape index (κ1) is 27.1. The quantitative estimate of drug-likeness (QED) is 0.231. The van der Waals surface area contributed by atoms with Crippen LogP contribution in [-0.2, 0) is 26.9 Å². The number of carbonyl (C=O) groups is 2. The molecule has 0 saturated heterocycles. The van der Waals surface area contributed by atoms with Crippen molar-refractivity contribution in [1.29, 1.82) is 0 Å². The summed E-state index contributed by atoms with van der Waals surface area (Å²) in [6.07, 6.45) is -4.69. The van der Waals surface area contributed by atoms with Crippen molar-refractivity contribution in [3.63, 3.8) is 0 Å². The predicted octanol–water partition coefficient (Wildman–Crippen LogP) is 7.58. The maximum Gasteiger partial charge on any atom is 0.416 e. The van der Waals surface area contributed by atoms with Gasteiger partial charge in [0.2, 0.25) is 0 Å². The molecule has 1 N–H and O–H groups in total. The van der Waals surface area contributed by atoms with E-state index >= 15 is 0 Å². The normalized spacial score (nSPS) is 11.4. The number of esters is 2. The molecular formula is C28H23ClF3NO5. The minimum Gasteiger partial charge on any atom is -0.466 e. The molecule has 0 bridgehead atoms. The number of carbonyl (C=O) groups excluding carboxylic acids is 2. The second kappa shape index (κ2) is 11.2. The van der Waals surface area contributed by atoms with Crippen molar-refractivity contribution < 1.29 is 37.0 Å². The first-order valence-corrected chi connectivity index (χ1v) is 12.1. The fourth-order valence-corrected chi connectivity index (χ4v) is 4.19. The van der Waals surface area contributed by atoms with Crippen LogP contribution in [0.4, 0.5) is 13.2 Å². The highest BCUT2D eigenvalue weighted by molar-refractivity contribution is 6.30. The number of fused-ring (bicyclic) bond motifs is 1. The molecule has 1 aromatic heterocycles. The van der Waals surface area contributed by atoms with Crippen molar-refractivity contribution >= 4 is 34.4 Å². The van der Waals surface area contributed by atoms with Crippen LogP contribution < -0.4 is 4.74 Å². The van der Waals surface area contributed by atoms with Crippen LogP contribution in [0.15, 0.2) is 60.7 Å². The van der Waals surface area contributed by atoms with Crippen LogP contribution in [-0.4, -0.2) is 30.1 Å². The van der Waals surface area contributed by atoms with E-state index in [1.807, 2.05) is 0 Å². The van der Waals surface area contributed by atoms with Gasteiger partial charge in [-0.1, -0.05) is 23.7 Å². The third-order valence-electron chi connectivity index (χ3n) is 5.65. The van der Waals surface area contributed by atoms with Gasteiger partial charge in [-0.25, -0.2) is 4.79 Å². The highest BCUT2D eigenvalue weighted by atomic mass is 35.5. The number of halogens is 4. The minimum atomic E-state index is -4.49. The molecule has 4 rings (SSSR count). The molecule has 0 amide bonds. The molecule has 0 fully saturated rings. The lowest BCUT2D eigenvalue weighted by Crippen LogP contribution is -2.13. The van der Waals surface area contributed by atoms with Crippen LogP contribution in [0.2, 0.25) is 5.02 Å². The Morgan fingerprint density at radius 1 is 0.895 bits per heavy atom. The molecule has 0 spiro atoms. The standard InChI is InChI=1S/C28H23ClF3NO5/c1-3-36-23(34)15-21-26(27(35)37-4-2)25-20(33-21)13-14-22(24(25)16-5-9-18(29)10-6-16)38-19-11-7-17(8-12-19)28(30,31)32/h5-14,33H,3-4,15H2,1-2H3. The van der Waals surface area contributed by atoms with E-state index in [0.717, 1.165) is 12.1 Å². The van der Waals surface area contributed by atoms with Gasteiger partial charge in [-0.2, -0.15) is 13.2 Å². The molecule has 0 atom stereocenters. The first-order valence-electron chi connectivity index (χ1n) is 11.7. The number of hydrogen-bond donors (Lipinski definition) is 1. The summed E-state index contributed by atoms with van der Waals surface area (Å²) < 4.78 is 55.5. The Balaban J connectivity index is 1.93. The molecule has 10 heteroatoms. The lowest BCUT2D eigenvalue weighted by Gasteiger charge is -2.15. The number of hydrogen-bond acceptors (Lipinski definition) is 5. The lowest BCUT2D eigenvalue weighted by atomic mass is 9.96. The van der Waals surface area contributed by atoms with Gasteiger partial charge in [0.1, 0.15) is 11.5 Å². The monoisotopic (exact) mass is 545 g/mol. The molecule has 4 aromatic rings. The largest absolute Gasteiger partial charge is 0.466 e. The summed E-state index contributed by atoms with van der Waals surface area (Å²) in [5, 5.41) is 0.906. The maximum atomic E-state index is 13.2. The third-order valence-corrected chi connectivity index (χ3v) is 5.90. The number of H-pyrrole nitrogens is 1. The highest BCUT2D eigenvalue weighted by Crippen LogP contribution is 2.43. The summed E-state index contributed by atoms with van der Waals surface area (Å²) in [4.78, 5) is 28.6. The Kier molecular flexibility index (Phi) is 7.97. The zero-order valence-corrected chi connectivity index (χ0v) is 21.2. The molecule has 0 aliphatic heterocycles. The first-order chi connectivity index (χ1) is 18.1. The summed E-state index contributed by atoms with van der Waals surface area (Å²) in [5.41, 5.74) is 1.24. The van der Waals surface area contributed by atoms with Crippen molar-refractivity contribution in [2.75, 3.05) is 13.2 Å². The second-order valence-corrected chi connectivity index (χ2v) is 8.61. The third kappa shape index (κ3) is 5.78. The van der Waals surface area contributed by atoms with Crippen LogP contribution in [0.25, 0.3) is 22.0 Å². The van der Waals surface area contributed by atoms with Gasteiger partial charge < -0.3 is 19.2 Å². The fraction of sp³-hybridized carbons (Fsp3) is 0.214. The van der Waals surface area contributed by atoms with Crippen LogP contribution in [0, 0.1) is 0 Å². The number of aromatic nitrogens is 1. The van der Waals surface area contributed by atoms with Gasteiger partial charge in [0.25, 0.3) is 0 Å². The van der Waals surface area contributed by atoms with Crippen LogP contribution in [0.5, 0.6) is 11.5 Å². The van der Waals surface area contributed by atoms with Crippen LogP contribution in [0.3, 0.4) is 0 Å². The molecule has 0 aliphatic carbocycles. The summed E-state index contributed by atoms with van der Waals surface area (Å²) >= 11 is 6.10. The van der Waals surface area contributed by atoms with E-state index in [0.29, 0.717) is 32.7 Å². The van der Waals surface area contributed by atoms with E-state index in [1.54, 1.807) is 50.2 Å². The predicted molar refractivity (Wildman–Crippen MR) is 137 cm³/mol. The topological polar surface area (TPSA) is 77.6 Å². The Bertz CT molecular complexity index is 1460. The van der Waals surface area contributed by atoms with Crippen LogP contribution >= 0.6 is 11.6 Å². The van der Waals surface area contributed by atoms with E-state index in [2.05, 4.69) is 4.98 Å². The van der Waals surface area contributed by atoms with Gasteiger partial charge in [-0.3, -0.25) is 4.79 Å². The number of nitrogens with one attached hydrogen (secondary N) is 1. The average Bonchev–Trinajstić information content (AvgIpc) is 3.22. The van der Waals surface area contributed by atoms with E-state index < -0.39 is 23.7 Å². The molecular weight excluding hydrogens is 523 g/mol. The summed E-state index contributed by atoms with van der Waals surface area (Å²) in [5.74, 6) is -0.752. The number of aromatic amines is 1. The number of rotatable bonds is 8. The van der Waals surface area contributed by atoms with Crippen molar-refractivity contribution in [3.05, 3.63) is 82.5 Å². The van der Waals surface area contributed by atoms with Crippen molar-refractivity contribution in [3.8, 4) is 22.6 Å². The van der Waals surface area contributed by atoms with E-state index in [4.69, 9.17) is 25.8 Å². The van der Waals surface area contributed by atoms with E-state index in [-0.39, 0.29) is 36.7 Å². The second-order valence-electron chi connectivity index (χ2n) is 8.17. The molecule has 0 saturated carbocycles. The number of ether oxygens (including phenoxy) is 3. The Morgan fingerprint density at radius 2 is 1.55 bits per heavy atom. The zero-order chi connectivity index (χ0) is 27.4. The fourth-order valence-electron chi connectivity index (χ4n) is 4.07. The van der Waals surface area contributed by atoms with Crippen LogP contribution in [0.1, 0.15) is 35.5 Å². The summed E-state index contributed by atoms with van der Waals surface area (Å²) in [6.45, 7) is 3.62. The van der Waals surface area contributed by atoms with Gasteiger partial charge >= 0.3 is 18.1 Å². The molecule has 198 valence electrons. The minimum absolute atomic E-state index is 0.0996. The van der Waals surface area contributed by atoms with Crippen molar-refractivity contribution in [1.82, 2.24) is 4.98 Å². The molecule has 0 unspecified atom stereocenters. The average molecular weight is 546 g/mol. The van der Waals surface area contributed by atoms with Crippen molar-refractivity contribution in [2.24, 2.45) is 0 Å². The van der Waals surface area contributed by atoms with E-state index in [1.165, 1.54) is 12.1 Å². The SMILES string of the molecule is CCOC(=O)Cc1[nH]c2ccc(Oc3ccc(C(F)(F)F)cc3)c(-c3ccc(Cl)cc3)c2c1C(=O)OCC. The molecule has 6 nitrogen and oxygen atoms in total. The number of benzene rings is 3. The van der Waals surface area contributed by atoms with Gasteiger partial charge in [0.05, 0.1) is 30.8 Å². The molecule has 1 heterocycles. The molecule has 0 radical (unpaired) electrons. The zero-order valence-electron chi connectivity index (χ0n) is 20.4. The van der Waals surface area contributed by atoms with E-state index in [9.17, 15) is 22.8 Å². The van der Waals surface area contributed by atoms with Gasteiger partial charge in [-0.15, -0.1) is 0 Å². The molecule has 3 aromatic carbocycles. The molecule has 38 heavy (non-hydrogen) atoms. The van der Waals surface area contributed by atoms with Gasteiger partial charge in [-0.05, 0) is 67.9 Å². The van der Waals surface area contributed by atoms with Gasteiger partial charge in [0, 0.05) is 27.2 Å².